The van der Waals surface area contributed by atoms with Crippen LogP contribution in [-0.2, 0) is 11.2 Å². The molecule has 2 aromatic heterocycles. The molecule has 0 amide bonds. The van der Waals surface area contributed by atoms with Crippen molar-refractivity contribution in [3.63, 3.8) is 0 Å². The molecule has 0 atom stereocenters. The SMILES string of the molecule is CC(C)(C)OC(=O)c1csc(-n2[nH]c(-c3ccc(F)c(F)c3)c(Cc3cccc(SN)c3)c2=O)n1. The lowest BCUT2D eigenvalue weighted by Crippen LogP contribution is -2.24. The van der Waals surface area contributed by atoms with Gasteiger partial charge >= 0.3 is 5.97 Å². The topological polar surface area (TPSA) is 103 Å². The van der Waals surface area contributed by atoms with E-state index in [4.69, 9.17) is 9.88 Å². The highest BCUT2D eigenvalue weighted by Crippen LogP contribution is 2.26. The zero-order valence-corrected chi connectivity index (χ0v) is 20.7. The van der Waals surface area contributed by atoms with Gasteiger partial charge in [-0.1, -0.05) is 12.1 Å². The number of aromatic nitrogens is 3. The number of nitrogens with one attached hydrogen (secondary N) is 1. The summed E-state index contributed by atoms with van der Waals surface area (Å²) in [5.74, 6) is -2.64. The Kier molecular flexibility index (Phi) is 6.93. The highest BCUT2D eigenvalue weighted by atomic mass is 32.2. The first-order valence-electron chi connectivity index (χ1n) is 10.5. The number of nitrogens with zero attached hydrogens (tertiary/aromatic N) is 2. The molecule has 0 unspecified atom stereocenters. The summed E-state index contributed by atoms with van der Waals surface area (Å²) in [6.45, 7) is 5.23. The van der Waals surface area contributed by atoms with Crippen molar-refractivity contribution in [3.05, 3.63) is 86.7 Å². The monoisotopic (exact) mass is 516 g/mol. The average molecular weight is 517 g/mol. The van der Waals surface area contributed by atoms with Gasteiger partial charge in [0.25, 0.3) is 5.56 Å². The number of esters is 1. The van der Waals surface area contributed by atoms with Crippen LogP contribution in [0, 0.1) is 11.6 Å². The van der Waals surface area contributed by atoms with Gasteiger partial charge in [0, 0.05) is 27.8 Å². The van der Waals surface area contributed by atoms with Gasteiger partial charge in [0.15, 0.2) is 17.3 Å². The number of H-pyrrole nitrogens is 1. The Morgan fingerprint density at radius 2 is 1.97 bits per heavy atom. The summed E-state index contributed by atoms with van der Waals surface area (Å²) < 4.78 is 34.1. The quantitative estimate of drug-likeness (QED) is 0.274. The van der Waals surface area contributed by atoms with Crippen LogP contribution in [0.25, 0.3) is 16.4 Å². The Hall–Kier alpha value is -3.28. The Morgan fingerprint density at radius 1 is 1.20 bits per heavy atom. The molecule has 2 heterocycles. The Bertz CT molecular complexity index is 1450. The van der Waals surface area contributed by atoms with E-state index >= 15 is 0 Å². The first-order chi connectivity index (χ1) is 16.6. The molecule has 35 heavy (non-hydrogen) atoms. The van der Waals surface area contributed by atoms with E-state index in [9.17, 15) is 18.4 Å². The van der Waals surface area contributed by atoms with Crippen molar-refractivity contribution in [2.45, 2.75) is 37.7 Å². The molecule has 4 rings (SSSR count). The number of carbonyl (C=O) groups excluding carboxylic acids is 1. The third-order valence-corrected chi connectivity index (χ3v) is 6.25. The van der Waals surface area contributed by atoms with Gasteiger partial charge in [-0.15, -0.1) is 11.3 Å². The number of hydrogen-bond acceptors (Lipinski definition) is 7. The van der Waals surface area contributed by atoms with Crippen LogP contribution in [0.1, 0.15) is 42.4 Å². The highest BCUT2D eigenvalue weighted by molar-refractivity contribution is 7.97. The molecule has 0 bridgehead atoms. The van der Waals surface area contributed by atoms with Gasteiger partial charge in [0.2, 0.25) is 5.13 Å². The third-order valence-electron chi connectivity index (χ3n) is 4.90. The fraction of sp³-hybridized carbons (Fsp3) is 0.208. The molecule has 0 saturated carbocycles. The van der Waals surface area contributed by atoms with E-state index in [1.165, 1.54) is 16.1 Å². The molecule has 7 nitrogen and oxygen atoms in total. The van der Waals surface area contributed by atoms with Crippen LogP contribution in [-0.4, -0.2) is 26.3 Å². The lowest BCUT2D eigenvalue weighted by atomic mass is 10.0. The van der Waals surface area contributed by atoms with E-state index in [2.05, 4.69) is 10.1 Å². The fourth-order valence-electron chi connectivity index (χ4n) is 3.39. The molecule has 3 N–H and O–H groups in total. The standard InChI is InChI=1S/C24H22F2N4O3S2/c1-24(2,3)33-22(32)19-12-34-23(28-19)30-21(31)16(10-13-5-4-6-15(9-13)35-27)20(29-30)14-7-8-17(25)18(26)11-14/h4-9,11-12,29H,10,27H2,1-3H3. The van der Waals surface area contributed by atoms with E-state index in [0.717, 1.165) is 45.9 Å². The van der Waals surface area contributed by atoms with Crippen LogP contribution in [0.15, 0.2) is 57.5 Å². The molecular formula is C24H22F2N4O3S2. The first-order valence-corrected chi connectivity index (χ1v) is 12.3. The molecule has 4 aromatic rings. The molecular weight excluding hydrogens is 494 g/mol. The molecule has 0 aliphatic rings. The highest BCUT2D eigenvalue weighted by Gasteiger charge is 2.23. The molecule has 0 radical (unpaired) electrons. The Labute approximate surface area is 208 Å². The molecule has 0 spiro atoms. The van der Waals surface area contributed by atoms with Crippen LogP contribution in [0.4, 0.5) is 8.78 Å². The van der Waals surface area contributed by atoms with Gasteiger partial charge in [-0.3, -0.25) is 15.0 Å². The Balaban J connectivity index is 1.80. The van der Waals surface area contributed by atoms with Crippen molar-refractivity contribution in [1.82, 2.24) is 14.8 Å². The van der Waals surface area contributed by atoms with E-state index in [1.54, 1.807) is 20.8 Å². The summed E-state index contributed by atoms with van der Waals surface area (Å²) in [5, 5.41) is 10.3. The first kappa shape index (κ1) is 24.8. The predicted molar refractivity (Wildman–Crippen MR) is 132 cm³/mol. The van der Waals surface area contributed by atoms with Gasteiger partial charge in [-0.05, 0) is 68.6 Å². The number of benzene rings is 2. The van der Waals surface area contributed by atoms with Gasteiger partial charge in [0.1, 0.15) is 5.60 Å². The molecule has 182 valence electrons. The zero-order valence-electron chi connectivity index (χ0n) is 19.1. The number of carbonyl (C=O) groups is 1. The van der Waals surface area contributed by atoms with Gasteiger partial charge in [-0.25, -0.2) is 18.6 Å². The molecule has 2 aromatic carbocycles. The van der Waals surface area contributed by atoms with E-state index in [-0.39, 0.29) is 17.2 Å². The maximum Gasteiger partial charge on any atom is 0.358 e. The second-order valence-corrected chi connectivity index (χ2v) is 10.2. The Morgan fingerprint density at radius 3 is 2.66 bits per heavy atom. The minimum atomic E-state index is -1.04. The second-order valence-electron chi connectivity index (χ2n) is 8.69. The number of hydrogen-bond donors (Lipinski definition) is 2. The van der Waals surface area contributed by atoms with Crippen LogP contribution >= 0.6 is 23.3 Å². The maximum absolute atomic E-state index is 14.0. The number of thiazole rings is 1. The molecule has 11 heteroatoms. The summed E-state index contributed by atoms with van der Waals surface area (Å²) >= 11 is 2.15. The predicted octanol–water partition coefficient (Wildman–Crippen LogP) is 5.08. The van der Waals surface area contributed by atoms with Crippen molar-refractivity contribution in [2.75, 3.05) is 0 Å². The van der Waals surface area contributed by atoms with E-state index in [0.29, 0.717) is 16.8 Å². The number of nitrogens with two attached hydrogens (primary N) is 1. The van der Waals surface area contributed by atoms with Crippen LogP contribution in [0.3, 0.4) is 0 Å². The van der Waals surface area contributed by atoms with Crippen LogP contribution in [0.5, 0.6) is 0 Å². The third kappa shape index (κ3) is 5.53. The fourth-order valence-corrected chi connectivity index (χ4v) is 4.51. The van der Waals surface area contributed by atoms with Gasteiger partial charge in [-0.2, -0.15) is 4.68 Å². The molecule has 0 fully saturated rings. The van der Waals surface area contributed by atoms with E-state index < -0.39 is 28.8 Å². The van der Waals surface area contributed by atoms with Crippen molar-refractivity contribution in [1.29, 1.82) is 0 Å². The van der Waals surface area contributed by atoms with Crippen LogP contribution < -0.4 is 10.7 Å². The summed E-state index contributed by atoms with van der Waals surface area (Å²) in [6.07, 6.45) is 0.204. The minimum Gasteiger partial charge on any atom is -0.455 e. The molecule has 0 saturated heterocycles. The minimum absolute atomic E-state index is 0.0602. The summed E-state index contributed by atoms with van der Waals surface area (Å²) in [4.78, 5) is 30.9. The van der Waals surface area contributed by atoms with E-state index in [1.807, 2.05) is 24.3 Å². The summed E-state index contributed by atoms with van der Waals surface area (Å²) in [5.41, 5.74) is 0.667. The summed E-state index contributed by atoms with van der Waals surface area (Å²) in [6, 6.07) is 10.8. The number of halogens is 2. The largest absolute Gasteiger partial charge is 0.455 e. The average Bonchev–Trinajstić information content (AvgIpc) is 3.40. The van der Waals surface area contributed by atoms with Crippen LogP contribution in [0.2, 0.25) is 0 Å². The number of ether oxygens (including phenoxy) is 1. The molecule has 0 aliphatic carbocycles. The lowest BCUT2D eigenvalue weighted by molar-refractivity contribution is 0.00636. The van der Waals surface area contributed by atoms with Crippen molar-refractivity contribution < 1.29 is 18.3 Å². The molecule has 0 aliphatic heterocycles. The maximum atomic E-state index is 14.0. The number of rotatable bonds is 6. The smallest absolute Gasteiger partial charge is 0.358 e. The van der Waals surface area contributed by atoms with Gasteiger partial charge in [0.05, 0.1) is 5.69 Å². The zero-order chi connectivity index (χ0) is 25.3. The summed E-state index contributed by atoms with van der Waals surface area (Å²) in [7, 11) is 0. The van der Waals surface area contributed by atoms with Crippen molar-refractivity contribution >= 4 is 29.3 Å². The van der Waals surface area contributed by atoms with Gasteiger partial charge < -0.3 is 4.74 Å². The number of aromatic amines is 1. The normalized spacial score (nSPS) is 11.6. The van der Waals surface area contributed by atoms with Crippen molar-refractivity contribution in [3.8, 4) is 16.4 Å². The van der Waals surface area contributed by atoms with Crippen molar-refractivity contribution in [2.24, 2.45) is 5.14 Å². The lowest BCUT2D eigenvalue weighted by Gasteiger charge is -2.18. The second kappa shape index (κ2) is 9.76.